The molecule has 1 amide bonds. The SMILES string of the molecule is NCCNC(=O)c1cccc(-c2ccc3ccn(-c4ccc(Cl)cc4Cl)c3n2)c1. The number of nitrogens with zero attached hydrogens (tertiary/aromatic N) is 2. The Kier molecular flexibility index (Phi) is 5.53. The molecule has 0 saturated heterocycles. The molecule has 0 atom stereocenters. The Bertz CT molecular complexity index is 1200. The molecule has 2 aromatic carbocycles. The summed E-state index contributed by atoms with van der Waals surface area (Å²) < 4.78 is 1.93. The van der Waals surface area contributed by atoms with Crippen molar-refractivity contribution >= 4 is 40.1 Å². The van der Waals surface area contributed by atoms with Gasteiger partial charge in [0, 0.05) is 40.8 Å². The van der Waals surface area contributed by atoms with E-state index < -0.39 is 0 Å². The van der Waals surface area contributed by atoms with Crippen molar-refractivity contribution in [3.8, 4) is 16.9 Å². The zero-order valence-corrected chi connectivity index (χ0v) is 16.9. The largest absolute Gasteiger partial charge is 0.351 e. The number of aromatic nitrogens is 2. The third-order valence-electron chi connectivity index (χ3n) is 4.56. The molecule has 0 aliphatic heterocycles. The van der Waals surface area contributed by atoms with Crippen molar-refractivity contribution in [1.82, 2.24) is 14.9 Å². The summed E-state index contributed by atoms with van der Waals surface area (Å²) in [5.74, 6) is -0.158. The molecule has 2 aromatic heterocycles. The standard InChI is InChI=1S/C22H18Cl2N4O/c23-17-5-7-20(18(24)13-17)28-11-8-14-4-6-19(27-21(14)28)15-2-1-3-16(12-15)22(29)26-10-9-25/h1-8,11-13H,9-10,25H2,(H,26,29). The summed E-state index contributed by atoms with van der Waals surface area (Å²) in [7, 11) is 0. The van der Waals surface area contributed by atoms with E-state index in [1.165, 1.54) is 0 Å². The van der Waals surface area contributed by atoms with Crippen molar-refractivity contribution in [3.05, 3.63) is 82.5 Å². The first-order chi connectivity index (χ1) is 14.1. The van der Waals surface area contributed by atoms with Crippen molar-refractivity contribution in [2.75, 3.05) is 13.1 Å². The Labute approximate surface area is 178 Å². The van der Waals surface area contributed by atoms with Crippen LogP contribution in [0.4, 0.5) is 0 Å². The smallest absolute Gasteiger partial charge is 0.251 e. The van der Waals surface area contributed by atoms with Gasteiger partial charge in [-0.2, -0.15) is 0 Å². The summed E-state index contributed by atoms with van der Waals surface area (Å²) in [5.41, 5.74) is 9.19. The van der Waals surface area contributed by atoms with Crippen LogP contribution in [-0.4, -0.2) is 28.5 Å². The Hall–Kier alpha value is -2.86. The van der Waals surface area contributed by atoms with Crippen LogP contribution in [0.5, 0.6) is 0 Å². The molecule has 0 unspecified atom stereocenters. The number of rotatable bonds is 5. The van der Waals surface area contributed by atoms with E-state index in [2.05, 4.69) is 5.32 Å². The van der Waals surface area contributed by atoms with E-state index >= 15 is 0 Å². The number of carbonyl (C=O) groups excluding carboxylic acids is 1. The van der Waals surface area contributed by atoms with Gasteiger partial charge in [-0.25, -0.2) is 4.98 Å². The normalized spacial score (nSPS) is 11.0. The maximum absolute atomic E-state index is 12.2. The summed E-state index contributed by atoms with van der Waals surface area (Å²) in [4.78, 5) is 17.1. The molecule has 0 spiro atoms. The third kappa shape index (κ3) is 3.98. The molecule has 0 saturated carbocycles. The summed E-state index contributed by atoms with van der Waals surface area (Å²) in [5, 5.41) is 4.88. The molecule has 0 radical (unpaired) electrons. The molecular formula is C22H18Cl2N4O. The number of halogens is 2. The van der Waals surface area contributed by atoms with Gasteiger partial charge in [-0.3, -0.25) is 9.36 Å². The number of nitrogens with two attached hydrogens (primary N) is 1. The van der Waals surface area contributed by atoms with Gasteiger partial charge in [-0.05, 0) is 48.5 Å². The molecule has 29 heavy (non-hydrogen) atoms. The highest BCUT2D eigenvalue weighted by Crippen LogP contribution is 2.29. The number of nitrogens with one attached hydrogen (secondary N) is 1. The van der Waals surface area contributed by atoms with Crippen molar-refractivity contribution < 1.29 is 4.79 Å². The minimum Gasteiger partial charge on any atom is -0.351 e. The maximum Gasteiger partial charge on any atom is 0.251 e. The Morgan fingerprint density at radius 3 is 2.72 bits per heavy atom. The molecule has 146 valence electrons. The van der Waals surface area contributed by atoms with E-state index in [1.54, 1.807) is 18.2 Å². The minimum absolute atomic E-state index is 0.158. The quantitative estimate of drug-likeness (QED) is 0.487. The number of fused-ring (bicyclic) bond motifs is 1. The molecular weight excluding hydrogens is 407 g/mol. The zero-order chi connectivity index (χ0) is 20.4. The fourth-order valence-electron chi connectivity index (χ4n) is 3.15. The van der Waals surface area contributed by atoms with Gasteiger partial charge in [0.15, 0.2) is 0 Å². The van der Waals surface area contributed by atoms with Crippen LogP contribution in [0, 0.1) is 0 Å². The van der Waals surface area contributed by atoms with Crippen molar-refractivity contribution in [2.24, 2.45) is 5.73 Å². The lowest BCUT2D eigenvalue weighted by Crippen LogP contribution is -2.28. The molecule has 2 heterocycles. The lowest BCUT2D eigenvalue weighted by atomic mass is 10.1. The first-order valence-electron chi connectivity index (χ1n) is 9.09. The summed E-state index contributed by atoms with van der Waals surface area (Å²) in [6.07, 6.45) is 1.92. The zero-order valence-electron chi connectivity index (χ0n) is 15.4. The summed E-state index contributed by atoms with van der Waals surface area (Å²) in [6.45, 7) is 0.830. The number of amides is 1. The van der Waals surface area contributed by atoms with Crippen LogP contribution in [-0.2, 0) is 0 Å². The minimum atomic E-state index is -0.158. The number of hydrogen-bond donors (Lipinski definition) is 2. The van der Waals surface area contributed by atoms with Crippen LogP contribution >= 0.6 is 23.2 Å². The Morgan fingerprint density at radius 1 is 1.07 bits per heavy atom. The molecule has 4 aromatic rings. The average Bonchev–Trinajstić information content (AvgIpc) is 3.15. The number of carbonyl (C=O) groups is 1. The van der Waals surface area contributed by atoms with Gasteiger partial charge in [-0.1, -0.05) is 35.3 Å². The van der Waals surface area contributed by atoms with Crippen LogP contribution in [0.25, 0.3) is 28.0 Å². The maximum atomic E-state index is 12.2. The fraction of sp³-hybridized carbons (Fsp3) is 0.0909. The second-order valence-corrected chi connectivity index (χ2v) is 7.36. The highest BCUT2D eigenvalue weighted by Gasteiger charge is 2.12. The van der Waals surface area contributed by atoms with E-state index in [-0.39, 0.29) is 5.91 Å². The number of benzene rings is 2. The summed E-state index contributed by atoms with van der Waals surface area (Å²) in [6, 6.07) is 18.6. The predicted octanol–water partition coefficient (Wildman–Crippen LogP) is 4.69. The van der Waals surface area contributed by atoms with E-state index in [0.717, 1.165) is 28.0 Å². The average molecular weight is 425 g/mol. The molecule has 7 heteroatoms. The van der Waals surface area contributed by atoms with Gasteiger partial charge in [0.25, 0.3) is 5.91 Å². The topological polar surface area (TPSA) is 72.9 Å². The first kappa shape index (κ1) is 19.5. The van der Waals surface area contributed by atoms with Crippen LogP contribution in [0.2, 0.25) is 10.0 Å². The van der Waals surface area contributed by atoms with Crippen molar-refractivity contribution in [1.29, 1.82) is 0 Å². The van der Waals surface area contributed by atoms with Crippen molar-refractivity contribution in [3.63, 3.8) is 0 Å². The molecule has 0 aliphatic rings. The van der Waals surface area contributed by atoms with E-state index in [4.69, 9.17) is 33.9 Å². The lowest BCUT2D eigenvalue weighted by Gasteiger charge is -2.09. The Balaban J connectivity index is 1.76. The van der Waals surface area contributed by atoms with Crippen LogP contribution in [0.1, 0.15) is 10.4 Å². The van der Waals surface area contributed by atoms with Gasteiger partial charge < -0.3 is 11.1 Å². The van der Waals surface area contributed by atoms with E-state index in [0.29, 0.717) is 28.7 Å². The van der Waals surface area contributed by atoms with Crippen molar-refractivity contribution in [2.45, 2.75) is 0 Å². The highest BCUT2D eigenvalue weighted by atomic mass is 35.5. The molecule has 0 bridgehead atoms. The van der Waals surface area contributed by atoms with E-state index in [1.807, 2.05) is 53.2 Å². The monoisotopic (exact) mass is 424 g/mol. The van der Waals surface area contributed by atoms with Gasteiger partial charge in [0.1, 0.15) is 5.65 Å². The van der Waals surface area contributed by atoms with Crippen LogP contribution in [0.15, 0.2) is 66.9 Å². The lowest BCUT2D eigenvalue weighted by molar-refractivity contribution is 0.0955. The highest BCUT2D eigenvalue weighted by molar-refractivity contribution is 6.35. The number of hydrogen-bond acceptors (Lipinski definition) is 3. The molecule has 0 fully saturated rings. The molecule has 4 rings (SSSR count). The predicted molar refractivity (Wildman–Crippen MR) is 118 cm³/mol. The summed E-state index contributed by atoms with van der Waals surface area (Å²) >= 11 is 12.4. The molecule has 0 aliphatic carbocycles. The second kappa shape index (κ2) is 8.25. The first-order valence-corrected chi connectivity index (χ1v) is 9.84. The van der Waals surface area contributed by atoms with Gasteiger partial charge in [0.05, 0.1) is 16.4 Å². The van der Waals surface area contributed by atoms with Crippen LogP contribution in [0.3, 0.4) is 0 Å². The molecule has 3 N–H and O–H groups in total. The van der Waals surface area contributed by atoms with E-state index in [9.17, 15) is 4.79 Å². The Morgan fingerprint density at radius 2 is 1.93 bits per heavy atom. The number of pyridine rings is 1. The molecule has 5 nitrogen and oxygen atoms in total. The fourth-order valence-corrected chi connectivity index (χ4v) is 3.65. The second-order valence-electron chi connectivity index (χ2n) is 6.52. The third-order valence-corrected chi connectivity index (χ3v) is 5.09. The van der Waals surface area contributed by atoms with Crippen LogP contribution < -0.4 is 11.1 Å². The van der Waals surface area contributed by atoms with Gasteiger partial charge in [0.2, 0.25) is 0 Å². The van der Waals surface area contributed by atoms with Gasteiger partial charge in [-0.15, -0.1) is 0 Å². The van der Waals surface area contributed by atoms with Gasteiger partial charge >= 0.3 is 0 Å².